The Morgan fingerprint density at radius 3 is 2.64 bits per heavy atom. The van der Waals surface area contributed by atoms with Crippen LogP contribution in [0.15, 0.2) is 50.5 Å². The minimum absolute atomic E-state index is 0.155. The molecule has 0 aliphatic heterocycles. The number of methoxy groups -OCH3 is 1. The molecule has 1 aromatic carbocycles. The van der Waals surface area contributed by atoms with E-state index in [0.29, 0.717) is 16.5 Å². The fourth-order valence-corrected chi connectivity index (χ4v) is 2.90. The van der Waals surface area contributed by atoms with Gasteiger partial charge in [0.05, 0.1) is 24.8 Å². The van der Waals surface area contributed by atoms with E-state index in [2.05, 4.69) is 4.74 Å². The number of rotatable bonds is 5. The van der Waals surface area contributed by atoms with Crippen molar-refractivity contribution in [3.05, 3.63) is 84.1 Å². The Hall–Kier alpha value is -3.75. The van der Waals surface area contributed by atoms with E-state index in [1.807, 2.05) is 13.0 Å². The van der Waals surface area contributed by atoms with E-state index in [4.69, 9.17) is 4.42 Å². The van der Waals surface area contributed by atoms with Crippen molar-refractivity contribution in [2.75, 3.05) is 7.11 Å². The summed E-state index contributed by atoms with van der Waals surface area (Å²) in [5, 5.41) is 11.8. The van der Waals surface area contributed by atoms with Crippen LogP contribution in [0.4, 0.5) is 5.69 Å². The molecule has 0 aliphatic rings. The average molecular weight is 384 g/mol. The number of ether oxygens (including phenoxy) is 1. The molecule has 3 aromatic rings. The zero-order valence-corrected chi connectivity index (χ0v) is 15.1. The van der Waals surface area contributed by atoms with Gasteiger partial charge in [-0.15, -0.1) is 0 Å². The van der Waals surface area contributed by atoms with Crippen LogP contribution in [0.2, 0.25) is 0 Å². The number of esters is 1. The maximum Gasteiger partial charge on any atom is 0.343 e. The lowest BCUT2D eigenvalue weighted by Gasteiger charge is -2.10. The second kappa shape index (κ2) is 7.47. The van der Waals surface area contributed by atoms with Gasteiger partial charge in [0.25, 0.3) is 11.2 Å². The third-order valence-corrected chi connectivity index (χ3v) is 4.33. The van der Waals surface area contributed by atoms with Crippen molar-refractivity contribution in [2.24, 2.45) is 0 Å². The number of hydrogen-bond acceptors (Lipinski definition) is 7. The topological polar surface area (TPSA) is 122 Å². The molecule has 0 atom stereocenters. The molecule has 0 fully saturated rings. The predicted octanol–water partition coefficient (Wildman–Crippen LogP) is 2.26. The highest BCUT2D eigenvalue weighted by molar-refractivity contribution is 5.89. The molecule has 0 unspecified atom stereocenters. The highest BCUT2D eigenvalue weighted by Crippen LogP contribution is 2.20. The summed E-state index contributed by atoms with van der Waals surface area (Å²) in [5.74, 6) is -0.979. The van der Waals surface area contributed by atoms with Crippen molar-refractivity contribution >= 4 is 22.6 Å². The molecule has 2 aromatic heterocycles. The van der Waals surface area contributed by atoms with E-state index in [1.54, 1.807) is 12.1 Å². The molecule has 0 aliphatic carbocycles. The van der Waals surface area contributed by atoms with Crippen LogP contribution in [0.1, 0.15) is 28.4 Å². The van der Waals surface area contributed by atoms with Gasteiger partial charge >= 0.3 is 11.6 Å². The largest absolute Gasteiger partial charge is 0.465 e. The second-order valence-electron chi connectivity index (χ2n) is 6.07. The number of fused-ring (bicyclic) bond motifs is 1. The Bertz CT molecular complexity index is 1210. The fraction of sp³-hybridized carbons (Fsp3) is 0.211. The van der Waals surface area contributed by atoms with Crippen molar-refractivity contribution in [2.45, 2.75) is 19.9 Å². The molecule has 9 nitrogen and oxygen atoms in total. The number of benzene rings is 1. The Labute approximate surface area is 157 Å². The van der Waals surface area contributed by atoms with E-state index < -0.39 is 33.3 Å². The van der Waals surface area contributed by atoms with Gasteiger partial charge in [0, 0.05) is 17.5 Å². The van der Waals surface area contributed by atoms with E-state index in [-0.39, 0.29) is 6.54 Å². The van der Waals surface area contributed by atoms with Gasteiger partial charge in [0.2, 0.25) is 0 Å². The molecule has 0 N–H and O–H groups in total. The zero-order valence-electron chi connectivity index (χ0n) is 15.1. The van der Waals surface area contributed by atoms with E-state index >= 15 is 0 Å². The van der Waals surface area contributed by atoms with Gasteiger partial charge in [-0.25, -0.2) is 9.59 Å². The maximum atomic E-state index is 12.6. The lowest BCUT2D eigenvalue weighted by atomic mass is 10.1. The van der Waals surface area contributed by atoms with Crippen LogP contribution >= 0.6 is 0 Å². The first-order valence-electron chi connectivity index (χ1n) is 8.37. The number of hydrogen-bond donors (Lipinski definition) is 0. The normalized spacial score (nSPS) is 10.8. The Kier molecular flexibility index (Phi) is 5.08. The van der Waals surface area contributed by atoms with Crippen molar-refractivity contribution in [1.82, 2.24) is 4.57 Å². The predicted molar refractivity (Wildman–Crippen MR) is 99.7 cm³/mol. The molecular weight excluding hydrogens is 368 g/mol. The number of pyridine rings is 1. The summed E-state index contributed by atoms with van der Waals surface area (Å²) in [7, 11) is 1.08. The number of nitro groups is 1. The summed E-state index contributed by atoms with van der Waals surface area (Å²) in [6.07, 6.45) is 1.77. The molecule has 2 heterocycles. The van der Waals surface area contributed by atoms with Crippen LogP contribution in [0.25, 0.3) is 11.0 Å². The van der Waals surface area contributed by atoms with Gasteiger partial charge in [-0.05, 0) is 23.6 Å². The van der Waals surface area contributed by atoms with Gasteiger partial charge in [0.1, 0.15) is 11.1 Å². The first-order chi connectivity index (χ1) is 13.3. The van der Waals surface area contributed by atoms with E-state index in [9.17, 15) is 24.5 Å². The molecule has 3 rings (SSSR count). The zero-order chi connectivity index (χ0) is 20.4. The number of nitrogens with zero attached hydrogens (tertiary/aromatic N) is 2. The first kappa shape index (κ1) is 19.0. The molecule has 0 radical (unpaired) electrons. The van der Waals surface area contributed by atoms with Gasteiger partial charge in [0.15, 0.2) is 0 Å². The SMILES string of the molecule is CCc1ccc2c(Cn3cc([N+](=O)[O-])cc(C(=O)OC)c3=O)cc(=O)oc2c1. The standard InChI is InChI=1S/C19H16N2O7/c1-3-11-4-5-14-12(7-17(22)28-16(14)6-11)9-20-10-13(21(25)26)8-15(18(20)23)19(24)27-2/h4-8,10H,3,9H2,1-2H3. The van der Waals surface area contributed by atoms with Crippen LogP contribution in [-0.4, -0.2) is 22.6 Å². The summed E-state index contributed by atoms with van der Waals surface area (Å²) in [6.45, 7) is 1.80. The molecule has 0 saturated heterocycles. The summed E-state index contributed by atoms with van der Waals surface area (Å²) >= 11 is 0. The van der Waals surface area contributed by atoms with Crippen molar-refractivity contribution in [3.63, 3.8) is 0 Å². The maximum absolute atomic E-state index is 12.6. The summed E-state index contributed by atoms with van der Waals surface area (Å²) in [6, 6.07) is 7.45. The number of carbonyl (C=O) groups is 1. The third-order valence-electron chi connectivity index (χ3n) is 4.33. The van der Waals surface area contributed by atoms with Crippen LogP contribution in [0.5, 0.6) is 0 Å². The second-order valence-corrected chi connectivity index (χ2v) is 6.07. The molecule has 9 heteroatoms. The summed E-state index contributed by atoms with van der Waals surface area (Å²) < 4.78 is 10.8. The summed E-state index contributed by atoms with van der Waals surface area (Å²) in [5.41, 5.74) is -0.515. The Balaban J connectivity index is 2.20. The monoisotopic (exact) mass is 384 g/mol. The van der Waals surface area contributed by atoms with E-state index in [1.165, 1.54) is 6.07 Å². The van der Waals surface area contributed by atoms with E-state index in [0.717, 1.165) is 35.9 Å². The molecule has 144 valence electrons. The number of aryl methyl sites for hydroxylation is 1. The molecular formula is C19H16N2O7. The molecule has 0 saturated carbocycles. The number of aromatic nitrogens is 1. The van der Waals surface area contributed by atoms with Crippen molar-refractivity contribution in [3.8, 4) is 0 Å². The minimum atomic E-state index is -0.979. The van der Waals surface area contributed by atoms with Crippen LogP contribution < -0.4 is 11.2 Å². The Morgan fingerprint density at radius 1 is 1.25 bits per heavy atom. The molecule has 0 spiro atoms. The Morgan fingerprint density at radius 2 is 2.00 bits per heavy atom. The highest BCUT2D eigenvalue weighted by Gasteiger charge is 2.20. The molecule has 0 amide bonds. The van der Waals surface area contributed by atoms with Gasteiger partial charge in [-0.3, -0.25) is 14.9 Å². The van der Waals surface area contributed by atoms with Crippen LogP contribution in [0.3, 0.4) is 0 Å². The molecule has 0 bridgehead atoms. The summed E-state index contributed by atoms with van der Waals surface area (Å²) in [4.78, 5) is 46.8. The fourth-order valence-electron chi connectivity index (χ4n) is 2.90. The van der Waals surface area contributed by atoms with Crippen LogP contribution in [0, 0.1) is 10.1 Å². The third kappa shape index (κ3) is 3.54. The van der Waals surface area contributed by atoms with Gasteiger partial charge in [-0.1, -0.05) is 19.1 Å². The molecule has 28 heavy (non-hydrogen) atoms. The quantitative estimate of drug-likeness (QED) is 0.286. The highest BCUT2D eigenvalue weighted by atomic mass is 16.6. The van der Waals surface area contributed by atoms with Gasteiger partial charge < -0.3 is 13.7 Å². The lowest BCUT2D eigenvalue weighted by Crippen LogP contribution is -2.27. The van der Waals surface area contributed by atoms with Gasteiger partial charge in [-0.2, -0.15) is 0 Å². The average Bonchev–Trinajstić information content (AvgIpc) is 2.67. The smallest absolute Gasteiger partial charge is 0.343 e. The van der Waals surface area contributed by atoms with Crippen molar-refractivity contribution < 1.29 is 18.9 Å². The lowest BCUT2D eigenvalue weighted by molar-refractivity contribution is -0.385. The van der Waals surface area contributed by atoms with Crippen LogP contribution in [-0.2, 0) is 17.7 Å². The number of carbonyl (C=O) groups excluding carboxylic acids is 1. The minimum Gasteiger partial charge on any atom is -0.465 e. The first-order valence-corrected chi connectivity index (χ1v) is 8.37. The van der Waals surface area contributed by atoms with Crippen molar-refractivity contribution in [1.29, 1.82) is 0 Å².